The number of nitrogens with two attached hydrogens (primary N) is 1. The van der Waals surface area contributed by atoms with Gasteiger partial charge in [0.05, 0.1) is 6.04 Å². The van der Waals surface area contributed by atoms with Gasteiger partial charge in [-0.3, -0.25) is 9.59 Å². The maximum atomic E-state index is 11.8. The first kappa shape index (κ1) is 13.0. The van der Waals surface area contributed by atoms with Crippen LogP contribution in [0.5, 0.6) is 0 Å². The molecule has 0 aliphatic carbocycles. The van der Waals surface area contributed by atoms with Gasteiger partial charge in [0.1, 0.15) is 0 Å². The summed E-state index contributed by atoms with van der Waals surface area (Å²) in [5.41, 5.74) is 5.58. The van der Waals surface area contributed by atoms with Crippen LogP contribution in [0.1, 0.15) is 39.0 Å². The van der Waals surface area contributed by atoms with E-state index in [4.69, 9.17) is 10.8 Å². The number of carbonyl (C=O) groups is 2. The maximum Gasteiger partial charge on any atom is 0.303 e. The molecule has 1 saturated heterocycles. The topological polar surface area (TPSA) is 83.6 Å². The first-order valence-corrected chi connectivity index (χ1v) is 5.80. The summed E-state index contributed by atoms with van der Waals surface area (Å²) in [7, 11) is 0. The molecule has 92 valence electrons. The molecule has 16 heavy (non-hydrogen) atoms. The summed E-state index contributed by atoms with van der Waals surface area (Å²) in [4.78, 5) is 24.1. The van der Waals surface area contributed by atoms with E-state index in [0.29, 0.717) is 13.0 Å². The van der Waals surface area contributed by atoms with Gasteiger partial charge in [0, 0.05) is 19.0 Å². The molecule has 1 unspecified atom stereocenters. The van der Waals surface area contributed by atoms with Gasteiger partial charge in [-0.15, -0.1) is 0 Å². The molecule has 1 aliphatic rings. The Morgan fingerprint density at radius 1 is 1.50 bits per heavy atom. The standard InChI is InChI=1S/C11H20N2O3/c1-8(12)11(16)13-7-3-2-4-9(13)5-6-10(14)15/h8-9H,2-7,12H2,1H3,(H,14,15)/t8-,9?/m1/s1. The zero-order valence-corrected chi connectivity index (χ0v) is 9.69. The summed E-state index contributed by atoms with van der Waals surface area (Å²) < 4.78 is 0. The van der Waals surface area contributed by atoms with Crippen molar-refractivity contribution >= 4 is 11.9 Å². The molecule has 1 rings (SSSR count). The van der Waals surface area contributed by atoms with Gasteiger partial charge in [-0.1, -0.05) is 0 Å². The van der Waals surface area contributed by atoms with Crippen molar-refractivity contribution in [3.8, 4) is 0 Å². The zero-order chi connectivity index (χ0) is 12.1. The molecule has 0 radical (unpaired) electrons. The Kier molecular flexibility index (Phi) is 4.73. The quantitative estimate of drug-likeness (QED) is 0.737. The number of rotatable bonds is 4. The Balaban J connectivity index is 2.56. The van der Waals surface area contributed by atoms with Gasteiger partial charge >= 0.3 is 5.97 Å². The van der Waals surface area contributed by atoms with E-state index in [9.17, 15) is 9.59 Å². The average molecular weight is 228 g/mol. The maximum absolute atomic E-state index is 11.8. The second-order valence-corrected chi connectivity index (χ2v) is 4.40. The molecule has 2 atom stereocenters. The van der Waals surface area contributed by atoms with Crippen molar-refractivity contribution in [2.75, 3.05) is 6.54 Å². The molecule has 0 aromatic rings. The van der Waals surface area contributed by atoms with Crippen LogP contribution >= 0.6 is 0 Å². The van der Waals surface area contributed by atoms with Crippen molar-refractivity contribution in [1.29, 1.82) is 0 Å². The van der Waals surface area contributed by atoms with Crippen LogP contribution in [0.2, 0.25) is 0 Å². The fourth-order valence-electron chi connectivity index (χ4n) is 2.14. The van der Waals surface area contributed by atoms with Gasteiger partial charge in [-0.2, -0.15) is 0 Å². The summed E-state index contributed by atoms with van der Waals surface area (Å²) in [6.07, 6.45) is 3.60. The Bertz CT molecular complexity index is 266. The van der Waals surface area contributed by atoms with Gasteiger partial charge in [-0.25, -0.2) is 0 Å². The molecule has 0 aromatic carbocycles. The number of aliphatic carboxylic acids is 1. The second kappa shape index (κ2) is 5.84. The van der Waals surface area contributed by atoms with Crippen LogP contribution in [0.15, 0.2) is 0 Å². The molecular weight excluding hydrogens is 208 g/mol. The van der Waals surface area contributed by atoms with Gasteiger partial charge < -0.3 is 15.7 Å². The van der Waals surface area contributed by atoms with Crippen molar-refractivity contribution < 1.29 is 14.7 Å². The van der Waals surface area contributed by atoms with E-state index in [1.54, 1.807) is 11.8 Å². The molecule has 0 aromatic heterocycles. The number of hydrogen-bond acceptors (Lipinski definition) is 3. The van der Waals surface area contributed by atoms with E-state index in [2.05, 4.69) is 0 Å². The number of amides is 1. The smallest absolute Gasteiger partial charge is 0.303 e. The lowest BCUT2D eigenvalue weighted by Gasteiger charge is -2.36. The highest BCUT2D eigenvalue weighted by Gasteiger charge is 2.28. The molecule has 1 aliphatic heterocycles. The average Bonchev–Trinajstić information content (AvgIpc) is 2.25. The number of carboxylic acids is 1. The molecule has 1 amide bonds. The van der Waals surface area contributed by atoms with Crippen LogP contribution in [0.3, 0.4) is 0 Å². The van der Waals surface area contributed by atoms with E-state index >= 15 is 0 Å². The predicted octanol–water partition coefficient (Wildman–Crippen LogP) is 0.579. The molecule has 0 spiro atoms. The highest BCUT2D eigenvalue weighted by atomic mass is 16.4. The molecule has 1 fully saturated rings. The first-order chi connectivity index (χ1) is 7.52. The summed E-state index contributed by atoms with van der Waals surface area (Å²) in [6, 6.07) is -0.436. The number of hydrogen-bond donors (Lipinski definition) is 2. The lowest BCUT2D eigenvalue weighted by Crippen LogP contribution is -2.49. The fourth-order valence-corrected chi connectivity index (χ4v) is 2.14. The Morgan fingerprint density at radius 2 is 2.19 bits per heavy atom. The Hall–Kier alpha value is -1.10. The van der Waals surface area contributed by atoms with E-state index in [1.165, 1.54) is 0 Å². The Labute approximate surface area is 95.6 Å². The fraction of sp³-hybridized carbons (Fsp3) is 0.818. The van der Waals surface area contributed by atoms with Gasteiger partial charge in [0.25, 0.3) is 0 Å². The van der Waals surface area contributed by atoms with E-state index in [0.717, 1.165) is 19.3 Å². The SMILES string of the molecule is C[C@@H](N)C(=O)N1CCCCC1CCC(=O)O. The number of nitrogens with zero attached hydrogens (tertiary/aromatic N) is 1. The molecule has 1 heterocycles. The largest absolute Gasteiger partial charge is 0.481 e. The minimum absolute atomic E-state index is 0.0587. The molecule has 3 N–H and O–H groups in total. The van der Waals surface area contributed by atoms with Crippen LogP contribution in [-0.2, 0) is 9.59 Å². The van der Waals surface area contributed by atoms with E-state index < -0.39 is 12.0 Å². The second-order valence-electron chi connectivity index (χ2n) is 4.40. The Morgan fingerprint density at radius 3 is 2.75 bits per heavy atom. The lowest BCUT2D eigenvalue weighted by molar-refractivity contribution is -0.140. The third kappa shape index (κ3) is 3.48. The van der Waals surface area contributed by atoms with Crippen LogP contribution in [0, 0.1) is 0 Å². The highest BCUT2D eigenvalue weighted by molar-refractivity contribution is 5.81. The van der Waals surface area contributed by atoms with Crippen LogP contribution in [0.4, 0.5) is 0 Å². The summed E-state index contributed by atoms with van der Waals surface area (Å²) >= 11 is 0. The van der Waals surface area contributed by atoms with Crippen molar-refractivity contribution in [1.82, 2.24) is 4.90 Å². The van der Waals surface area contributed by atoms with Crippen molar-refractivity contribution in [3.05, 3.63) is 0 Å². The highest BCUT2D eigenvalue weighted by Crippen LogP contribution is 2.21. The third-order valence-electron chi connectivity index (χ3n) is 2.99. The summed E-state index contributed by atoms with van der Waals surface area (Å²) in [5, 5.41) is 8.65. The predicted molar refractivity (Wildman–Crippen MR) is 59.9 cm³/mol. The number of piperidine rings is 1. The number of likely N-dealkylation sites (tertiary alicyclic amines) is 1. The molecule has 5 heteroatoms. The normalized spacial score (nSPS) is 22.9. The molecule has 0 saturated carbocycles. The number of carboxylic acid groups (broad SMARTS) is 1. The molecule has 5 nitrogen and oxygen atoms in total. The van der Waals surface area contributed by atoms with Gasteiger partial charge in [0.15, 0.2) is 0 Å². The monoisotopic (exact) mass is 228 g/mol. The van der Waals surface area contributed by atoms with E-state index in [1.807, 2.05) is 0 Å². The minimum Gasteiger partial charge on any atom is -0.481 e. The minimum atomic E-state index is -0.807. The van der Waals surface area contributed by atoms with Crippen molar-refractivity contribution in [2.24, 2.45) is 5.73 Å². The van der Waals surface area contributed by atoms with E-state index in [-0.39, 0.29) is 18.4 Å². The van der Waals surface area contributed by atoms with Crippen LogP contribution in [-0.4, -0.2) is 40.5 Å². The van der Waals surface area contributed by atoms with Gasteiger partial charge in [-0.05, 0) is 32.6 Å². The van der Waals surface area contributed by atoms with Crippen LogP contribution in [0.25, 0.3) is 0 Å². The van der Waals surface area contributed by atoms with Crippen molar-refractivity contribution in [2.45, 2.75) is 51.1 Å². The van der Waals surface area contributed by atoms with Crippen LogP contribution < -0.4 is 5.73 Å². The van der Waals surface area contributed by atoms with Gasteiger partial charge in [0.2, 0.25) is 5.91 Å². The summed E-state index contributed by atoms with van der Waals surface area (Å²) in [6.45, 7) is 2.38. The third-order valence-corrected chi connectivity index (χ3v) is 2.99. The number of carbonyl (C=O) groups excluding carboxylic acids is 1. The lowest BCUT2D eigenvalue weighted by atomic mass is 9.97. The summed E-state index contributed by atoms with van der Waals surface area (Å²) in [5.74, 6) is -0.867. The van der Waals surface area contributed by atoms with Crippen molar-refractivity contribution in [3.63, 3.8) is 0 Å². The zero-order valence-electron chi connectivity index (χ0n) is 9.69. The molecular formula is C11H20N2O3. The first-order valence-electron chi connectivity index (χ1n) is 5.80. The molecule has 0 bridgehead atoms.